The van der Waals surface area contributed by atoms with E-state index in [-0.39, 0.29) is 34.7 Å². The van der Waals surface area contributed by atoms with Gasteiger partial charge in [0, 0.05) is 48.6 Å². The summed E-state index contributed by atoms with van der Waals surface area (Å²) < 4.78 is 7.23. The third-order valence-electron chi connectivity index (χ3n) is 11.7. The van der Waals surface area contributed by atoms with Crippen LogP contribution in [0, 0.1) is 34.5 Å². The SMILES string of the molecule is CC1=C2N(C)C(=O)CCC2(C)C2CCC3(C)C(C(=O)NCCc4cn(C(=O)OC(C)(C)C)c5ccccc45)CCC3C2C1. The van der Waals surface area contributed by atoms with Crippen molar-refractivity contribution in [3.8, 4) is 0 Å². The zero-order valence-electron chi connectivity index (χ0n) is 27.1. The standard InChI is InChI=1S/C36H49N3O4/c1-22-20-25-26-12-13-28(35(26,5)17-14-27(25)36(6)18-15-30(40)38(7)31(22)36)32(41)37-19-16-23-21-39(33(42)43-34(2,3)4)29-11-9-8-10-24(23)29/h8-11,21,25-28H,12-20H2,1-7H3,(H,37,41). The van der Waals surface area contributed by atoms with E-state index >= 15 is 0 Å². The number of rotatable bonds is 4. The molecular weight excluding hydrogens is 538 g/mol. The Morgan fingerprint density at radius 1 is 1.07 bits per heavy atom. The molecule has 7 heteroatoms. The second-order valence-corrected chi connectivity index (χ2v) is 15.3. The van der Waals surface area contributed by atoms with Crippen molar-refractivity contribution in [3.05, 3.63) is 47.3 Å². The van der Waals surface area contributed by atoms with Crippen LogP contribution in [0.4, 0.5) is 4.79 Å². The number of amides is 2. The maximum atomic E-state index is 13.8. The predicted octanol–water partition coefficient (Wildman–Crippen LogP) is 7.08. The highest BCUT2D eigenvalue weighted by Crippen LogP contribution is 2.66. The molecule has 2 aromatic rings. The van der Waals surface area contributed by atoms with Crippen molar-refractivity contribution in [1.82, 2.24) is 14.8 Å². The van der Waals surface area contributed by atoms with Gasteiger partial charge in [0.2, 0.25) is 11.8 Å². The molecule has 1 N–H and O–H groups in total. The van der Waals surface area contributed by atoms with Crippen molar-refractivity contribution < 1.29 is 19.1 Å². The number of carbonyl (C=O) groups excluding carboxylic acids is 3. The normalized spacial score (nSPS) is 32.3. The number of nitrogens with zero attached hydrogens (tertiary/aromatic N) is 2. The number of nitrogens with one attached hydrogen (secondary N) is 1. The Bertz CT molecular complexity index is 1500. The summed E-state index contributed by atoms with van der Waals surface area (Å²) in [6.07, 6.45) is 8.99. The van der Waals surface area contributed by atoms with Gasteiger partial charge in [0.05, 0.1) is 5.52 Å². The van der Waals surface area contributed by atoms with Gasteiger partial charge in [-0.1, -0.05) is 37.6 Å². The average molecular weight is 588 g/mol. The van der Waals surface area contributed by atoms with Crippen molar-refractivity contribution in [1.29, 1.82) is 0 Å². The molecule has 6 unspecified atom stereocenters. The van der Waals surface area contributed by atoms with Crippen LogP contribution in [0.25, 0.3) is 10.9 Å². The molecule has 6 rings (SSSR count). The van der Waals surface area contributed by atoms with Crippen LogP contribution in [0.15, 0.2) is 41.7 Å². The van der Waals surface area contributed by atoms with Crippen LogP contribution in [0.2, 0.25) is 0 Å². The van der Waals surface area contributed by atoms with Crippen LogP contribution in [0.3, 0.4) is 0 Å². The van der Waals surface area contributed by atoms with Crippen molar-refractivity contribution in [2.24, 2.45) is 34.5 Å². The number of piperidine rings is 1. The van der Waals surface area contributed by atoms with Gasteiger partial charge in [-0.2, -0.15) is 0 Å². The molecule has 2 saturated carbocycles. The Kier molecular flexibility index (Phi) is 7.33. The topological polar surface area (TPSA) is 80.6 Å². The lowest BCUT2D eigenvalue weighted by Crippen LogP contribution is -2.55. The number of fused-ring (bicyclic) bond motifs is 6. The molecule has 1 aromatic heterocycles. The summed E-state index contributed by atoms with van der Waals surface area (Å²) in [4.78, 5) is 41.2. The van der Waals surface area contributed by atoms with Crippen molar-refractivity contribution in [2.45, 2.75) is 98.5 Å². The predicted molar refractivity (Wildman–Crippen MR) is 168 cm³/mol. The van der Waals surface area contributed by atoms with Crippen molar-refractivity contribution in [3.63, 3.8) is 0 Å². The van der Waals surface area contributed by atoms with E-state index < -0.39 is 5.60 Å². The Morgan fingerprint density at radius 2 is 1.81 bits per heavy atom. The molecule has 0 radical (unpaired) electrons. The first-order valence-electron chi connectivity index (χ1n) is 16.3. The number of allylic oxidation sites excluding steroid dienone is 2. The first-order valence-corrected chi connectivity index (χ1v) is 16.3. The molecule has 6 atom stereocenters. The van der Waals surface area contributed by atoms with E-state index in [1.54, 1.807) is 4.57 Å². The lowest BCUT2D eigenvalue weighted by Gasteiger charge is -2.59. The molecule has 7 nitrogen and oxygen atoms in total. The molecule has 232 valence electrons. The third kappa shape index (κ3) is 4.91. The summed E-state index contributed by atoms with van der Waals surface area (Å²) in [7, 11) is 1.97. The van der Waals surface area contributed by atoms with Crippen LogP contribution < -0.4 is 5.32 Å². The monoisotopic (exact) mass is 587 g/mol. The zero-order chi connectivity index (χ0) is 30.9. The van der Waals surface area contributed by atoms with Gasteiger partial charge in [-0.05, 0) is 107 Å². The highest BCUT2D eigenvalue weighted by Gasteiger charge is 2.61. The van der Waals surface area contributed by atoms with Crippen LogP contribution in [-0.2, 0) is 20.7 Å². The lowest BCUT2D eigenvalue weighted by atomic mass is 9.48. The van der Waals surface area contributed by atoms with Gasteiger partial charge in [0.15, 0.2) is 0 Å². The van der Waals surface area contributed by atoms with Gasteiger partial charge in [-0.25, -0.2) is 4.79 Å². The number of likely N-dealkylation sites (tertiary alicyclic amines) is 1. The van der Waals surface area contributed by atoms with Crippen LogP contribution >= 0.6 is 0 Å². The minimum absolute atomic E-state index is 0.00250. The van der Waals surface area contributed by atoms with E-state index in [1.165, 1.54) is 11.3 Å². The second-order valence-electron chi connectivity index (χ2n) is 15.3. The Labute approximate surface area is 256 Å². The van der Waals surface area contributed by atoms with Gasteiger partial charge in [0.1, 0.15) is 5.60 Å². The number of ether oxygens (including phenoxy) is 1. The Morgan fingerprint density at radius 3 is 2.56 bits per heavy atom. The van der Waals surface area contributed by atoms with E-state index in [9.17, 15) is 14.4 Å². The summed E-state index contributed by atoms with van der Waals surface area (Å²) >= 11 is 0. The fourth-order valence-corrected chi connectivity index (χ4v) is 9.89. The lowest BCUT2D eigenvalue weighted by molar-refractivity contribution is -0.138. The van der Waals surface area contributed by atoms with Gasteiger partial charge in [-0.15, -0.1) is 0 Å². The first kappa shape index (κ1) is 30.0. The molecule has 43 heavy (non-hydrogen) atoms. The van der Waals surface area contributed by atoms with Crippen LogP contribution in [0.5, 0.6) is 0 Å². The quantitative estimate of drug-likeness (QED) is 0.415. The van der Waals surface area contributed by atoms with E-state index in [1.807, 2.05) is 63.2 Å². The largest absolute Gasteiger partial charge is 0.443 e. The minimum atomic E-state index is -0.580. The summed E-state index contributed by atoms with van der Waals surface area (Å²) in [6, 6.07) is 7.87. The smallest absolute Gasteiger partial charge is 0.419 e. The molecule has 4 aliphatic rings. The molecule has 2 heterocycles. The molecule has 0 bridgehead atoms. The van der Waals surface area contributed by atoms with Crippen molar-refractivity contribution >= 4 is 28.8 Å². The molecule has 3 fully saturated rings. The number of aromatic nitrogens is 1. The van der Waals surface area contributed by atoms with Crippen LogP contribution in [-0.4, -0.2) is 46.6 Å². The van der Waals surface area contributed by atoms with E-state index in [0.29, 0.717) is 37.1 Å². The molecule has 0 spiro atoms. The summed E-state index contributed by atoms with van der Waals surface area (Å²) in [6.45, 7) is 13.2. The van der Waals surface area contributed by atoms with Crippen molar-refractivity contribution in [2.75, 3.05) is 13.6 Å². The van der Waals surface area contributed by atoms with E-state index in [2.05, 4.69) is 26.1 Å². The summed E-state index contributed by atoms with van der Waals surface area (Å²) in [5.74, 6) is 2.13. The third-order valence-corrected chi connectivity index (χ3v) is 11.7. The maximum absolute atomic E-state index is 13.8. The molecule has 3 aliphatic carbocycles. The number of para-hydroxylation sites is 1. The fourth-order valence-electron chi connectivity index (χ4n) is 9.89. The zero-order valence-corrected chi connectivity index (χ0v) is 27.1. The van der Waals surface area contributed by atoms with Gasteiger partial charge < -0.3 is 15.0 Å². The average Bonchev–Trinajstić information content (AvgIpc) is 3.48. The number of hydrogen-bond acceptors (Lipinski definition) is 4. The summed E-state index contributed by atoms with van der Waals surface area (Å²) in [5, 5.41) is 4.31. The number of carbonyl (C=O) groups is 3. The Hall–Kier alpha value is -3.09. The molecule has 2 amide bonds. The van der Waals surface area contributed by atoms with E-state index in [4.69, 9.17) is 4.74 Å². The highest BCUT2D eigenvalue weighted by atomic mass is 16.6. The fraction of sp³-hybridized carbons (Fsp3) is 0.639. The molecule has 1 saturated heterocycles. The molecule has 1 aromatic carbocycles. The van der Waals surface area contributed by atoms with E-state index in [0.717, 1.165) is 55.0 Å². The van der Waals surface area contributed by atoms with Crippen LogP contribution in [0.1, 0.15) is 92.1 Å². The minimum Gasteiger partial charge on any atom is -0.443 e. The number of benzene rings is 1. The maximum Gasteiger partial charge on any atom is 0.419 e. The summed E-state index contributed by atoms with van der Waals surface area (Å²) in [5.41, 5.74) is 3.99. The van der Waals surface area contributed by atoms with Gasteiger partial charge in [-0.3, -0.25) is 14.2 Å². The second kappa shape index (κ2) is 10.5. The first-order chi connectivity index (χ1) is 20.2. The molecular formula is C36H49N3O4. The van der Waals surface area contributed by atoms with Gasteiger partial charge >= 0.3 is 6.09 Å². The molecule has 1 aliphatic heterocycles. The highest BCUT2D eigenvalue weighted by molar-refractivity contribution is 5.92. The Balaban J connectivity index is 1.15. The van der Waals surface area contributed by atoms with Gasteiger partial charge in [0.25, 0.3) is 0 Å². The number of hydrogen-bond donors (Lipinski definition) is 1.